The van der Waals surface area contributed by atoms with Gasteiger partial charge < -0.3 is 11.1 Å². The van der Waals surface area contributed by atoms with Crippen LogP contribution < -0.4 is 11.1 Å². The molecule has 0 aliphatic heterocycles. The molecule has 0 aliphatic rings. The first kappa shape index (κ1) is 17.2. The van der Waals surface area contributed by atoms with Crippen molar-refractivity contribution in [2.24, 2.45) is 5.73 Å². The van der Waals surface area contributed by atoms with E-state index in [4.69, 9.17) is 5.73 Å². The van der Waals surface area contributed by atoms with Crippen LogP contribution in [-0.4, -0.2) is 18.0 Å². The van der Waals surface area contributed by atoms with Gasteiger partial charge in [0.1, 0.15) is 0 Å². The number of hydrogen-bond donors (Lipinski definition) is 2. The molecule has 1 amide bonds. The van der Waals surface area contributed by atoms with E-state index in [1.54, 1.807) is 0 Å². The lowest BCUT2D eigenvalue weighted by Gasteiger charge is -2.26. The fourth-order valence-electron chi connectivity index (χ4n) is 2.86. The molecule has 2 unspecified atom stereocenters. The third-order valence-electron chi connectivity index (χ3n) is 4.03. The van der Waals surface area contributed by atoms with Crippen molar-refractivity contribution in [3.05, 3.63) is 71.8 Å². The molecule has 23 heavy (non-hydrogen) atoms. The lowest BCUT2D eigenvalue weighted by molar-refractivity contribution is -0.121. The van der Waals surface area contributed by atoms with E-state index in [1.165, 1.54) is 11.1 Å². The summed E-state index contributed by atoms with van der Waals surface area (Å²) < 4.78 is 0. The van der Waals surface area contributed by atoms with Gasteiger partial charge >= 0.3 is 0 Å². The highest BCUT2D eigenvalue weighted by molar-refractivity contribution is 5.76. The van der Waals surface area contributed by atoms with Gasteiger partial charge in [0.05, 0.1) is 0 Å². The van der Waals surface area contributed by atoms with Crippen LogP contribution in [0.3, 0.4) is 0 Å². The quantitative estimate of drug-likeness (QED) is 0.823. The predicted molar refractivity (Wildman–Crippen MR) is 95.2 cm³/mol. The molecule has 0 fully saturated rings. The third kappa shape index (κ3) is 5.22. The SMILES string of the molecule is CC(N)CCC(=O)NC(C)C(c1ccccc1)c1ccccc1. The molecule has 0 bridgehead atoms. The van der Waals surface area contributed by atoms with E-state index in [0.717, 1.165) is 0 Å². The summed E-state index contributed by atoms with van der Waals surface area (Å²) in [6.45, 7) is 3.99. The summed E-state index contributed by atoms with van der Waals surface area (Å²) in [5, 5.41) is 3.14. The molecule has 2 aromatic carbocycles. The fraction of sp³-hybridized carbons (Fsp3) is 0.350. The second-order valence-electron chi connectivity index (χ2n) is 6.17. The number of nitrogens with two attached hydrogens (primary N) is 1. The largest absolute Gasteiger partial charge is 0.353 e. The van der Waals surface area contributed by atoms with Gasteiger partial charge in [0.15, 0.2) is 0 Å². The minimum atomic E-state index is 0.0142. The number of carbonyl (C=O) groups excluding carboxylic acids is 1. The first-order valence-electron chi connectivity index (χ1n) is 8.22. The van der Waals surface area contributed by atoms with Gasteiger partial charge in [0.2, 0.25) is 5.91 Å². The highest BCUT2D eigenvalue weighted by atomic mass is 16.1. The van der Waals surface area contributed by atoms with Crippen LogP contribution in [0.15, 0.2) is 60.7 Å². The van der Waals surface area contributed by atoms with Crippen LogP contribution in [-0.2, 0) is 4.79 Å². The molecule has 2 rings (SSSR count). The highest BCUT2D eigenvalue weighted by Gasteiger charge is 2.22. The molecule has 0 saturated heterocycles. The number of amides is 1. The van der Waals surface area contributed by atoms with Crippen LogP contribution in [0.4, 0.5) is 0 Å². The smallest absolute Gasteiger partial charge is 0.220 e. The second kappa shape index (κ2) is 8.49. The van der Waals surface area contributed by atoms with Crippen LogP contribution in [0, 0.1) is 0 Å². The van der Waals surface area contributed by atoms with Crippen molar-refractivity contribution in [2.45, 2.75) is 44.7 Å². The van der Waals surface area contributed by atoms with Gasteiger partial charge in [-0.05, 0) is 31.4 Å². The van der Waals surface area contributed by atoms with E-state index in [0.29, 0.717) is 12.8 Å². The van der Waals surface area contributed by atoms with Crippen molar-refractivity contribution in [1.82, 2.24) is 5.32 Å². The molecule has 0 heterocycles. The molecule has 0 aliphatic carbocycles. The standard InChI is InChI=1S/C20H26N2O/c1-15(21)13-14-19(23)22-16(2)20(17-9-5-3-6-10-17)18-11-7-4-8-12-18/h3-12,15-16,20H,13-14,21H2,1-2H3,(H,22,23). The van der Waals surface area contributed by atoms with Crippen molar-refractivity contribution in [3.8, 4) is 0 Å². The Hall–Kier alpha value is -2.13. The second-order valence-corrected chi connectivity index (χ2v) is 6.17. The number of benzene rings is 2. The molecule has 0 spiro atoms. The Morgan fingerprint density at radius 3 is 1.87 bits per heavy atom. The minimum absolute atomic E-state index is 0.0142. The fourth-order valence-corrected chi connectivity index (χ4v) is 2.86. The van der Waals surface area contributed by atoms with Crippen LogP contribution in [0.2, 0.25) is 0 Å². The van der Waals surface area contributed by atoms with Crippen molar-refractivity contribution >= 4 is 5.91 Å². The minimum Gasteiger partial charge on any atom is -0.353 e. The summed E-state index contributed by atoms with van der Waals surface area (Å²) in [5.41, 5.74) is 8.15. The Kier molecular flexibility index (Phi) is 6.36. The van der Waals surface area contributed by atoms with E-state index in [2.05, 4.69) is 36.5 Å². The summed E-state index contributed by atoms with van der Waals surface area (Å²) in [5.74, 6) is 0.198. The third-order valence-corrected chi connectivity index (χ3v) is 4.03. The first-order chi connectivity index (χ1) is 11.1. The van der Waals surface area contributed by atoms with Crippen molar-refractivity contribution in [2.75, 3.05) is 0 Å². The van der Waals surface area contributed by atoms with Crippen molar-refractivity contribution < 1.29 is 4.79 Å². The Bertz CT molecular complexity index is 556. The van der Waals surface area contributed by atoms with Gasteiger partial charge in [-0.3, -0.25) is 4.79 Å². The zero-order valence-corrected chi connectivity index (χ0v) is 13.9. The maximum Gasteiger partial charge on any atom is 0.220 e. The molecule has 2 atom stereocenters. The molecule has 2 aromatic rings. The summed E-state index contributed by atoms with van der Waals surface area (Å²) in [4.78, 5) is 12.2. The maximum atomic E-state index is 12.2. The Morgan fingerprint density at radius 2 is 1.43 bits per heavy atom. The highest BCUT2D eigenvalue weighted by Crippen LogP contribution is 2.28. The van der Waals surface area contributed by atoms with Crippen LogP contribution >= 0.6 is 0 Å². The molecule has 122 valence electrons. The topological polar surface area (TPSA) is 55.1 Å². The van der Waals surface area contributed by atoms with Gasteiger partial charge in [-0.1, -0.05) is 60.7 Å². The Labute approximate surface area is 138 Å². The van der Waals surface area contributed by atoms with Crippen molar-refractivity contribution in [3.63, 3.8) is 0 Å². The van der Waals surface area contributed by atoms with E-state index in [1.807, 2.05) is 43.3 Å². The average molecular weight is 310 g/mol. The number of rotatable bonds is 7. The number of nitrogens with one attached hydrogen (secondary N) is 1. The Balaban J connectivity index is 2.16. The van der Waals surface area contributed by atoms with Crippen molar-refractivity contribution in [1.29, 1.82) is 0 Å². The predicted octanol–water partition coefficient (Wildman–Crippen LogP) is 3.45. The summed E-state index contributed by atoms with van der Waals surface area (Å²) >= 11 is 0. The monoisotopic (exact) mass is 310 g/mol. The van der Waals surface area contributed by atoms with Gasteiger partial charge in [0.25, 0.3) is 0 Å². The summed E-state index contributed by atoms with van der Waals surface area (Å²) in [6.07, 6.45) is 1.18. The van der Waals surface area contributed by atoms with Gasteiger partial charge in [-0.25, -0.2) is 0 Å². The molecular formula is C20H26N2O. The van der Waals surface area contributed by atoms with Gasteiger partial charge in [0, 0.05) is 24.4 Å². The van der Waals surface area contributed by atoms with Gasteiger partial charge in [-0.2, -0.15) is 0 Å². The molecule has 3 nitrogen and oxygen atoms in total. The Morgan fingerprint density at radius 1 is 0.957 bits per heavy atom. The maximum absolute atomic E-state index is 12.2. The molecule has 0 aromatic heterocycles. The van der Waals surface area contributed by atoms with E-state index >= 15 is 0 Å². The lowest BCUT2D eigenvalue weighted by atomic mass is 9.85. The molecule has 3 heteroatoms. The van der Waals surface area contributed by atoms with E-state index in [9.17, 15) is 4.79 Å². The average Bonchev–Trinajstić information content (AvgIpc) is 2.55. The molecule has 0 radical (unpaired) electrons. The number of hydrogen-bond acceptors (Lipinski definition) is 2. The number of carbonyl (C=O) groups is 1. The molecular weight excluding hydrogens is 284 g/mol. The van der Waals surface area contributed by atoms with Crippen LogP contribution in [0.25, 0.3) is 0 Å². The summed E-state index contributed by atoms with van der Waals surface area (Å²) in [7, 11) is 0. The summed E-state index contributed by atoms with van der Waals surface area (Å²) in [6, 6.07) is 20.7. The van der Waals surface area contributed by atoms with E-state index in [-0.39, 0.29) is 23.9 Å². The zero-order chi connectivity index (χ0) is 16.7. The van der Waals surface area contributed by atoms with Crippen LogP contribution in [0.1, 0.15) is 43.7 Å². The van der Waals surface area contributed by atoms with E-state index < -0.39 is 0 Å². The normalized spacial score (nSPS) is 13.6. The zero-order valence-electron chi connectivity index (χ0n) is 13.9. The molecule has 0 saturated carbocycles. The first-order valence-corrected chi connectivity index (χ1v) is 8.22. The van der Waals surface area contributed by atoms with Crippen LogP contribution in [0.5, 0.6) is 0 Å². The lowest BCUT2D eigenvalue weighted by Crippen LogP contribution is -2.38. The van der Waals surface area contributed by atoms with Gasteiger partial charge in [-0.15, -0.1) is 0 Å². The molecule has 3 N–H and O–H groups in total.